The van der Waals surface area contributed by atoms with Crippen molar-refractivity contribution in [3.63, 3.8) is 0 Å². The average Bonchev–Trinajstić information content (AvgIpc) is 2.65. The number of nitriles is 1. The lowest BCUT2D eigenvalue weighted by molar-refractivity contribution is -0.384. The number of nitro benzene ring substituents is 1. The highest BCUT2D eigenvalue weighted by Crippen LogP contribution is 2.37. The van der Waals surface area contributed by atoms with Crippen molar-refractivity contribution >= 4 is 11.4 Å². The van der Waals surface area contributed by atoms with E-state index < -0.39 is 4.92 Å². The fourth-order valence-corrected chi connectivity index (χ4v) is 3.10. The van der Waals surface area contributed by atoms with Gasteiger partial charge in [0.25, 0.3) is 5.69 Å². The molecule has 3 rings (SSSR count). The zero-order valence-corrected chi connectivity index (χ0v) is 14.0. The van der Waals surface area contributed by atoms with Crippen molar-refractivity contribution in [3.05, 3.63) is 57.1 Å². The third kappa shape index (κ3) is 3.06. The molecule has 0 bridgehead atoms. The van der Waals surface area contributed by atoms with Crippen molar-refractivity contribution in [2.24, 2.45) is 0 Å². The van der Waals surface area contributed by atoms with E-state index in [4.69, 9.17) is 14.7 Å². The Bertz CT molecular complexity index is 873. The van der Waals surface area contributed by atoms with Crippen LogP contribution in [-0.4, -0.2) is 25.7 Å². The van der Waals surface area contributed by atoms with E-state index >= 15 is 0 Å². The molecular weight excluding hydrogens is 322 g/mol. The van der Waals surface area contributed by atoms with Gasteiger partial charge in [-0.25, -0.2) is 0 Å². The quantitative estimate of drug-likeness (QED) is 0.628. The molecule has 0 atom stereocenters. The molecule has 0 unspecified atom stereocenters. The van der Waals surface area contributed by atoms with Crippen LogP contribution in [0.2, 0.25) is 0 Å². The smallest absolute Gasteiger partial charge is 0.293 e. The summed E-state index contributed by atoms with van der Waals surface area (Å²) in [5.41, 5.74) is 2.93. The number of benzene rings is 2. The Morgan fingerprint density at radius 3 is 2.44 bits per heavy atom. The molecule has 0 saturated carbocycles. The molecule has 2 aromatic carbocycles. The van der Waals surface area contributed by atoms with Gasteiger partial charge in [0.15, 0.2) is 11.5 Å². The molecule has 0 N–H and O–H groups in total. The van der Waals surface area contributed by atoms with Gasteiger partial charge in [-0.05, 0) is 41.8 Å². The number of hydrogen-bond acceptors (Lipinski definition) is 6. The molecular formula is C18H17N3O4. The summed E-state index contributed by atoms with van der Waals surface area (Å²) in [5, 5.41) is 20.4. The summed E-state index contributed by atoms with van der Waals surface area (Å²) in [4.78, 5) is 12.9. The summed E-state index contributed by atoms with van der Waals surface area (Å²) in [5.74, 6) is 1.32. The maximum Gasteiger partial charge on any atom is 0.293 e. The normalized spacial score (nSPS) is 12.9. The van der Waals surface area contributed by atoms with Crippen molar-refractivity contribution in [2.45, 2.75) is 13.0 Å². The first-order valence-corrected chi connectivity index (χ1v) is 7.74. The van der Waals surface area contributed by atoms with Gasteiger partial charge in [0.2, 0.25) is 0 Å². The number of rotatable bonds is 4. The van der Waals surface area contributed by atoms with Gasteiger partial charge in [-0.1, -0.05) is 0 Å². The van der Waals surface area contributed by atoms with E-state index in [0.717, 1.165) is 17.5 Å². The predicted molar refractivity (Wildman–Crippen MR) is 92.1 cm³/mol. The highest BCUT2D eigenvalue weighted by atomic mass is 16.6. The summed E-state index contributed by atoms with van der Waals surface area (Å²) < 4.78 is 10.7. The van der Waals surface area contributed by atoms with Crippen LogP contribution in [0.3, 0.4) is 0 Å². The maximum atomic E-state index is 11.4. The minimum absolute atomic E-state index is 0.0528. The summed E-state index contributed by atoms with van der Waals surface area (Å²) >= 11 is 0. The lowest BCUT2D eigenvalue weighted by Crippen LogP contribution is -2.31. The molecule has 1 aliphatic heterocycles. The van der Waals surface area contributed by atoms with Crippen molar-refractivity contribution in [3.8, 4) is 17.6 Å². The first-order chi connectivity index (χ1) is 12.1. The second-order valence-electron chi connectivity index (χ2n) is 5.72. The lowest BCUT2D eigenvalue weighted by Gasteiger charge is -2.31. The molecule has 1 heterocycles. The van der Waals surface area contributed by atoms with E-state index in [-0.39, 0.29) is 11.3 Å². The Labute approximate surface area is 145 Å². The van der Waals surface area contributed by atoms with Crippen LogP contribution >= 0.6 is 0 Å². The van der Waals surface area contributed by atoms with Crippen LogP contribution in [-0.2, 0) is 13.0 Å². The van der Waals surface area contributed by atoms with Gasteiger partial charge in [0.05, 0.1) is 30.8 Å². The van der Waals surface area contributed by atoms with Gasteiger partial charge in [-0.3, -0.25) is 10.1 Å². The first kappa shape index (κ1) is 16.6. The van der Waals surface area contributed by atoms with E-state index in [1.807, 2.05) is 23.1 Å². The molecule has 0 aromatic heterocycles. The third-order valence-electron chi connectivity index (χ3n) is 4.36. The van der Waals surface area contributed by atoms with Crippen molar-refractivity contribution in [1.29, 1.82) is 5.26 Å². The van der Waals surface area contributed by atoms with Crippen LogP contribution < -0.4 is 14.4 Å². The fourth-order valence-electron chi connectivity index (χ4n) is 3.10. The summed E-state index contributed by atoms with van der Waals surface area (Å²) in [6.45, 7) is 1.18. The molecule has 7 nitrogen and oxygen atoms in total. The second kappa shape index (κ2) is 6.69. The van der Waals surface area contributed by atoms with Crippen molar-refractivity contribution in [2.75, 3.05) is 25.7 Å². The monoisotopic (exact) mass is 339 g/mol. The van der Waals surface area contributed by atoms with Crippen LogP contribution in [0.25, 0.3) is 0 Å². The number of ether oxygens (including phenoxy) is 2. The molecule has 1 aliphatic rings. The van der Waals surface area contributed by atoms with Gasteiger partial charge in [0, 0.05) is 19.2 Å². The second-order valence-corrected chi connectivity index (χ2v) is 5.72. The molecule has 2 aromatic rings. The van der Waals surface area contributed by atoms with Crippen molar-refractivity contribution < 1.29 is 14.4 Å². The van der Waals surface area contributed by atoms with Gasteiger partial charge < -0.3 is 14.4 Å². The molecule has 25 heavy (non-hydrogen) atoms. The number of fused-ring (bicyclic) bond motifs is 1. The number of nitrogens with zero attached hydrogens (tertiary/aromatic N) is 3. The molecule has 128 valence electrons. The SMILES string of the molecule is COc1cc2c(cc1OC)CN(c1ccc(C#N)cc1[N+](=O)[O-])CC2. The highest BCUT2D eigenvalue weighted by molar-refractivity contribution is 5.67. The molecule has 0 aliphatic carbocycles. The summed E-state index contributed by atoms with van der Waals surface area (Å²) in [6.07, 6.45) is 0.743. The van der Waals surface area contributed by atoms with Crippen LogP contribution in [0.1, 0.15) is 16.7 Å². The zero-order chi connectivity index (χ0) is 18.0. The molecule has 7 heteroatoms. The van der Waals surface area contributed by atoms with Crippen LogP contribution in [0, 0.1) is 21.4 Å². The lowest BCUT2D eigenvalue weighted by atomic mass is 9.98. The standard InChI is InChI=1S/C18H17N3O4/c1-24-17-8-13-5-6-20(11-14(13)9-18(17)25-2)15-4-3-12(10-19)7-16(15)21(22)23/h3-4,7-9H,5-6,11H2,1-2H3. The minimum atomic E-state index is -0.444. The Kier molecular flexibility index (Phi) is 4.44. The predicted octanol–water partition coefficient (Wildman–Crippen LogP) is 3.05. The number of nitro groups is 1. The molecule has 0 spiro atoms. The molecule has 0 radical (unpaired) electrons. The summed E-state index contributed by atoms with van der Waals surface area (Å²) in [6, 6.07) is 10.4. The molecule has 0 amide bonds. The average molecular weight is 339 g/mol. The van der Waals surface area contributed by atoms with Gasteiger partial charge >= 0.3 is 0 Å². The Hall–Kier alpha value is -3.27. The zero-order valence-electron chi connectivity index (χ0n) is 14.0. The minimum Gasteiger partial charge on any atom is -0.493 e. The Morgan fingerprint density at radius 2 is 1.84 bits per heavy atom. The van der Waals surface area contributed by atoms with E-state index in [9.17, 15) is 10.1 Å². The topological polar surface area (TPSA) is 88.6 Å². The van der Waals surface area contributed by atoms with Crippen molar-refractivity contribution in [1.82, 2.24) is 0 Å². The van der Waals surface area contributed by atoms with Crippen LogP contribution in [0.4, 0.5) is 11.4 Å². The molecule has 0 fully saturated rings. The maximum absolute atomic E-state index is 11.4. The van der Waals surface area contributed by atoms with Crippen LogP contribution in [0.5, 0.6) is 11.5 Å². The van der Waals surface area contributed by atoms with Crippen LogP contribution in [0.15, 0.2) is 30.3 Å². The Morgan fingerprint density at radius 1 is 1.16 bits per heavy atom. The van der Waals surface area contributed by atoms with Gasteiger partial charge in [-0.15, -0.1) is 0 Å². The summed E-state index contributed by atoms with van der Waals surface area (Å²) in [7, 11) is 3.18. The largest absolute Gasteiger partial charge is 0.493 e. The van der Waals surface area contributed by atoms with Gasteiger partial charge in [0.1, 0.15) is 5.69 Å². The van der Waals surface area contributed by atoms with Gasteiger partial charge in [-0.2, -0.15) is 5.26 Å². The highest BCUT2D eigenvalue weighted by Gasteiger charge is 2.25. The third-order valence-corrected chi connectivity index (χ3v) is 4.36. The number of hydrogen-bond donors (Lipinski definition) is 0. The van der Waals surface area contributed by atoms with E-state index in [1.165, 1.54) is 6.07 Å². The first-order valence-electron chi connectivity index (χ1n) is 7.74. The van der Waals surface area contributed by atoms with E-state index in [1.54, 1.807) is 26.4 Å². The van der Waals surface area contributed by atoms with E-state index in [2.05, 4.69) is 0 Å². The number of anilines is 1. The Balaban J connectivity index is 1.98. The number of methoxy groups -OCH3 is 2. The van der Waals surface area contributed by atoms with E-state index in [0.29, 0.717) is 30.3 Å². The molecule has 0 saturated heterocycles. The fraction of sp³-hybridized carbons (Fsp3) is 0.278.